The molecule has 6 heteroatoms. The molecular weight excluding hydrogens is 449 g/mol. The molecule has 2 aromatic rings. The molecular formula is C29H35F3N2O. The van der Waals surface area contributed by atoms with E-state index in [1.165, 1.54) is 24.3 Å². The first-order valence-electron chi connectivity index (χ1n) is 12.9. The van der Waals surface area contributed by atoms with Crippen molar-refractivity contribution in [3.05, 3.63) is 65.5 Å². The van der Waals surface area contributed by atoms with Gasteiger partial charge in [-0.15, -0.1) is 0 Å². The molecule has 3 fully saturated rings. The SMILES string of the molecule is CC(C)(C)N1C[C@H](C(=O)C2CCN(c3ccc(F)cc3)C(C3CC3)C2)[C@@H](c2ccc(F)cc2F)C1. The van der Waals surface area contributed by atoms with Crippen LogP contribution >= 0.6 is 0 Å². The normalized spacial score (nSPS) is 27.9. The third kappa shape index (κ3) is 5.00. The Hall–Kier alpha value is -2.34. The van der Waals surface area contributed by atoms with Crippen molar-refractivity contribution in [2.45, 2.75) is 64.0 Å². The molecule has 5 rings (SSSR count). The molecule has 0 N–H and O–H groups in total. The maximum Gasteiger partial charge on any atom is 0.141 e. The Labute approximate surface area is 206 Å². The molecule has 1 aliphatic carbocycles. The minimum atomic E-state index is -0.597. The third-order valence-corrected chi connectivity index (χ3v) is 8.37. The number of piperidine rings is 1. The first-order chi connectivity index (χ1) is 16.6. The number of anilines is 1. The summed E-state index contributed by atoms with van der Waals surface area (Å²) in [5, 5.41) is 0. The monoisotopic (exact) mass is 484 g/mol. The summed E-state index contributed by atoms with van der Waals surface area (Å²) in [6.45, 7) is 8.28. The first kappa shape index (κ1) is 24.4. The first-order valence-corrected chi connectivity index (χ1v) is 12.9. The molecule has 188 valence electrons. The molecule has 3 aliphatic rings. The number of likely N-dealkylation sites (tertiary alicyclic amines) is 1. The molecule has 0 bridgehead atoms. The van der Waals surface area contributed by atoms with Gasteiger partial charge in [0.25, 0.3) is 0 Å². The molecule has 3 nitrogen and oxygen atoms in total. The number of Topliss-reactive ketones (excluding diaryl/α,β-unsaturated/α-hetero) is 1. The van der Waals surface area contributed by atoms with Gasteiger partial charge < -0.3 is 4.90 Å². The van der Waals surface area contributed by atoms with Gasteiger partial charge in [0, 0.05) is 60.7 Å². The minimum absolute atomic E-state index is 0.0757. The van der Waals surface area contributed by atoms with Gasteiger partial charge in [-0.25, -0.2) is 13.2 Å². The quantitative estimate of drug-likeness (QED) is 0.506. The van der Waals surface area contributed by atoms with Gasteiger partial charge in [-0.1, -0.05) is 6.07 Å². The average Bonchev–Trinajstić information content (AvgIpc) is 3.56. The lowest BCUT2D eigenvalue weighted by molar-refractivity contribution is -0.127. The summed E-state index contributed by atoms with van der Waals surface area (Å²) in [5.41, 5.74) is 1.31. The van der Waals surface area contributed by atoms with Gasteiger partial charge in [0.1, 0.15) is 23.2 Å². The highest BCUT2D eigenvalue weighted by Crippen LogP contribution is 2.45. The van der Waals surface area contributed by atoms with E-state index in [4.69, 9.17) is 0 Å². The second-order valence-electron chi connectivity index (χ2n) is 11.7. The highest BCUT2D eigenvalue weighted by Gasteiger charge is 2.47. The van der Waals surface area contributed by atoms with Crippen molar-refractivity contribution in [3.63, 3.8) is 0 Å². The topological polar surface area (TPSA) is 23.6 Å². The van der Waals surface area contributed by atoms with Crippen LogP contribution in [0.5, 0.6) is 0 Å². The van der Waals surface area contributed by atoms with Crippen LogP contribution in [0.4, 0.5) is 18.9 Å². The molecule has 2 heterocycles. The lowest BCUT2D eigenvalue weighted by Crippen LogP contribution is -2.47. The van der Waals surface area contributed by atoms with Crippen LogP contribution in [-0.4, -0.2) is 41.9 Å². The Bertz CT molecular complexity index is 1080. The van der Waals surface area contributed by atoms with E-state index in [1.807, 2.05) is 12.1 Å². The zero-order valence-corrected chi connectivity index (χ0v) is 20.8. The molecule has 4 atom stereocenters. The summed E-state index contributed by atoms with van der Waals surface area (Å²) in [5.74, 6) is -1.29. The lowest BCUT2D eigenvalue weighted by atomic mass is 9.76. The Kier molecular flexibility index (Phi) is 6.45. The van der Waals surface area contributed by atoms with Gasteiger partial charge in [-0.3, -0.25) is 9.69 Å². The Morgan fingerprint density at radius 3 is 2.23 bits per heavy atom. The van der Waals surface area contributed by atoms with Crippen molar-refractivity contribution in [2.24, 2.45) is 17.8 Å². The van der Waals surface area contributed by atoms with Crippen molar-refractivity contribution in [3.8, 4) is 0 Å². The number of hydrogen-bond donors (Lipinski definition) is 0. The second-order valence-corrected chi connectivity index (χ2v) is 11.7. The maximum atomic E-state index is 14.8. The number of nitrogens with zero attached hydrogens (tertiary/aromatic N) is 2. The molecule has 35 heavy (non-hydrogen) atoms. The third-order valence-electron chi connectivity index (χ3n) is 8.37. The van der Waals surface area contributed by atoms with Crippen LogP contribution in [-0.2, 0) is 4.79 Å². The molecule has 0 radical (unpaired) electrons. The van der Waals surface area contributed by atoms with E-state index in [0.717, 1.165) is 44.0 Å². The highest BCUT2D eigenvalue weighted by atomic mass is 19.1. The fraction of sp³-hybridized carbons (Fsp3) is 0.552. The zero-order valence-electron chi connectivity index (χ0n) is 20.8. The Morgan fingerprint density at radius 1 is 0.914 bits per heavy atom. The van der Waals surface area contributed by atoms with Crippen LogP contribution < -0.4 is 4.90 Å². The van der Waals surface area contributed by atoms with E-state index in [0.29, 0.717) is 24.6 Å². The zero-order chi connectivity index (χ0) is 24.9. The number of halogens is 3. The number of carbonyl (C=O) groups is 1. The van der Waals surface area contributed by atoms with Gasteiger partial charge in [-0.05, 0) is 88.3 Å². The minimum Gasteiger partial charge on any atom is -0.368 e. The second kappa shape index (κ2) is 9.27. The molecule has 0 spiro atoms. The standard InChI is InChI=1S/C29H35F3N2O/c1-29(2,3)33-16-24(23-11-8-21(31)15-26(23)32)25(17-33)28(35)19-12-13-34(27(14-19)18-4-5-18)22-9-6-20(30)7-10-22/h6-11,15,18-19,24-25,27H,4-5,12-14,16-17H2,1-3H3/t19?,24-,25+,27?/m1/s1. The lowest BCUT2D eigenvalue weighted by Gasteiger charge is -2.42. The number of rotatable bonds is 5. The van der Waals surface area contributed by atoms with Crippen molar-refractivity contribution < 1.29 is 18.0 Å². The van der Waals surface area contributed by atoms with Gasteiger partial charge >= 0.3 is 0 Å². The van der Waals surface area contributed by atoms with E-state index < -0.39 is 11.6 Å². The fourth-order valence-corrected chi connectivity index (χ4v) is 6.20. The average molecular weight is 485 g/mol. The summed E-state index contributed by atoms with van der Waals surface area (Å²) in [6.07, 6.45) is 3.84. The maximum absolute atomic E-state index is 14.8. The van der Waals surface area contributed by atoms with Crippen molar-refractivity contribution in [2.75, 3.05) is 24.5 Å². The Morgan fingerprint density at radius 2 is 1.60 bits per heavy atom. The number of hydrogen-bond acceptors (Lipinski definition) is 3. The molecule has 1 saturated carbocycles. The molecule has 2 aliphatic heterocycles. The summed E-state index contributed by atoms with van der Waals surface area (Å²) < 4.78 is 42.0. The number of ketones is 1. The van der Waals surface area contributed by atoms with E-state index >= 15 is 0 Å². The van der Waals surface area contributed by atoms with E-state index in [2.05, 4.69) is 30.6 Å². The summed E-state index contributed by atoms with van der Waals surface area (Å²) in [7, 11) is 0. The highest BCUT2D eigenvalue weighted by molar-refractivity contribution is 5.85. The predicted molar refractivity (Wildman–Crippen MR) is 132 cm³/mol. The van der Waals surface area contributed by atoms with E-state index in [1.54, 1.807) is 0 Å². The van der Waals surface area contributed by atoms with E-state index in [9.17, 15) is 18.0 Å². The number of carbonyl (C=O) groups excluding carboxylic acids is 1. The Balaban J connectivity index is 1.39. The summed E-state index contributed by atoms with van der Waals surface area (Å²) >= 11 is 0. The van der Waals surface area contributed by atoms with Crippen molar-refractivity contribution in [1.29, 1.82) is 0 Å². The molecule has 2 saturated heterocycles. The predicted octanol–water partition coefficient (Wildman–Crippen LogP) is 6.18. The van der Waals surface area contributed by atoms with Gasteiger partial charge in [-0.2, -0.15) is 0 Å². The van der Waals surface area contributed by atoms with Crippen molar-refractivity contribution >= 4 is 11.5 Å². The van der Waals surface area contributed by atoms with Gasteiger partial charge in [0.2, 0.25) is 0 Å². The van der Waals surface area contributed by atoms with Crippen LogP contribution in [0.3, 0.4) is 0 Å². The van der Waals surface area contributed by atoms with Gasteiger partial charge in [0.15, 0.2) is 0 Å². The van der Waals surface area contributed by atoms with Crippen LogP contribution in [0.25, 0.3) is 0 Å². The van der Waals surface area contributed by atoms with Crippen LogP contribution in [0, 0.1) is 35.2 Å². The molecule has 2 aromatic carbocycles. The van der Waals surface area contributed by atoms with E-state index in [-0.39, 0.29) is 40.9 Å². The fourth-order valence-electron chi connectivity index (χ4n) is 6.20. The molecule has 2 unspecified atom stereocenters. The van der Waals surface area contributed by atoms with Gasteiger partial charge in [0.05, 0.1) is 0 Å². The smallest absolute Gasteiger partial charge is 0.141 e. The number of benzene rings is 2. The van der Waals surface area contributed by atoms with Crippen molar-refractivity contribution in [1.82, 2.24) is 4.90 Å². The van der Waals surface area contributed by atoms with Crippen LogP contribution in [0.1, 0.15) is 57.9 Å². The molecule has 0 aromatic heterocycles. The summed E-state index contributed by atoms with van der Waals surface area (Å²) in [4.78, 5) is 18.6. The van der Waals surface area contributed by atoms with Crippen LogP contribution in [0.2, 0.25) is 0 Å². The van der Waals surface area contributed by atoms with Crippen LogP contribution in [0.15, 0.2) is 42.5 Å². The largest absolute Gasteiger partial charge is 0.368 e. The molecule has 0 amide bonds. The summed E-state index contributed by atoms with van der Waals surface area (Å²) in [6, 6.07) is 10.7.